The standard InChI is InChI=1S/C24H21ClF3N7O4/c1-29-22(38)18-16(36)17(37)23(39-18)35-10-32-15-20(31-7-11-3-2-4-13(5-11)24(26,27)28)33-19(34-21(15)35)12-6-14(25)9-30-8-12/h2-6,8-10,16-18,23,36-37H,7H2,1H3,(H,29,38)(H,31,33,34)/t16-,17+,18-,23+/m0/s1/i1D3. The number of benzene rings is 1. The summed E-state index contributed by atoms with van der Waals surface area (Å²) in [7, 11) is 0. The highest BCUT2D eigenvalue weighted by Crippen LogP contribution is 2.34. The molecule has 0 bridgehead atoms. The zero-order valence-electron chi connectivity index (χ0n) is 22.6. The van der Waals surface area contributed by atoms with Crippen LogP contribution in [-0.4, -0.2) is 65.9 Å². The molecule has 0 spiro atoms. The molecule has 1 aliphatic heterocycles. The topological polar surface area (TPSA) is 147 Å². The van der Waals surface area contributed by atoms with E-state index < -0.39 is 49.2 Å². The Morgan fingerprint density at radius 1 is 1.23 bits per heavy atom. The molecule has 1 saturated heterocycles. The molecule has 3 aromatic heterocycles. The van der Waals surface area contributed by atoms with Gasteiger partial charge in [0, 0.05) is 35.6 Å². The molecular weight excluding hydrogens is 543 g/mol. The molecule has 1 amide bonds. The van der Waals surface area contributed by atoms with Crippen LogP contribution in [0.4, 0.5) is 19.0 Å². The summed E-state index contributed by atoms with van der Waals surface area (Å²) in [6.07, 6.45) is -7.21. The zero-order chi connectivity index (χ0) is 30.4. The largest absolute Gasteiger partial charge is 0.416 e. The summed E-state index contributed by atoms with van der Waals surface area (Å²) >= 11 is 6.08. The third-order valence-corrected chi connectivity index (χ3v) is 6.20. The summed E-state index contributed by atoms with van der Waals surface area (Å²) in [4.78, 5) is 29.6. The fourth-order valence-corrected chi connectivity index (χ4v) is 4.28. The van der Waals surface area contributed by atoms with Crippen LogP contribution in [0.2, 0.25) is 5.02 Å². The van der Waals surface area contributed by atoms with Crippen LogP contribution in [0.25, 0.3) is 22.6 Å². The molecule has 4 N–H and O–H groups in total. The van der Waals surface area contributed by atoms with Gasteiger partial charge in [-0.1, -0.05) is 23.7 Å². The molecule has 5 rings (SSSR count). The molecule has 0 unspecified atom stereocenters. The van der Waals surface area contributed by atoms with Crippen molar-refractivity contribution in [1.29, 1.82) is 0 Å². The quantitative estimate of drug-likeness (QED) is 0.276. The van der Waals surface area contributed by atoms with E-state index in [1.807, 2.05) is 0 Å². The SMILES string of the molecule is [2H]C([2H])([2H])NC(=O)[C@H]1O[C@@H](n2cnc3c(NCc4cccc(C(F)(F)F)c4)nc(-c4cncc(Cl)c4)nc32)[C@H](O)[C@@H]1O. The van der Waals surface area contributed by atoms with Crippen molar-refractivity contribution in [1.82, 2.24) is 29.8 Å². The number of rotatable bonds is 6. The second kappa shape index (κ2) is 10.4. The minimum absolute atomic E-state index is 0.0413. The molecule has 39 heavy (non-hydrogen) atoms. The summed E-state index contributed by atoms with van der Waals surface area (Å²) in [5.41, 5.74) is -0.0152. The number of imidazole rings is 1. The first-order valence-electron chi connectivity index (χ1n) is 12.8. The van der Waals surface area contributed by atoms with Crippen molar-refractivity contribution in [3.8, 4) is 11.4 Å². The predicted molar refractivity (Wildman–Crippen MR) is 132 cm³/mol. The fraction of sp³-hybridized carbons (Fsp3) is 0.292. The molecule has 0 aliphatic carbocycles. The molecule has 1 aliphatic rings. The van der Waals surface area contributed by atoms with Crippen LogP contribution in [0.1, 0.15) is 21.5 Å². The molecule has 0 radical (unpaired) electrons. The number of hydrogen-bond donors (Lipinski definition) is 4. The second-order valence-electron chi connectivity index (χ2n) is 8.58. The molecule has 11 nitrogen and oxygen atoms in total. The van der Waals surface area contributed by atoms with Gasteiger partial charge in [-0.15, -0.1) is 0 Å². The minimum Gasteiger partial charge on any atom is -0.387 e. The van der Waals surface area contributed by atoms with Crippen molar-refractivity contribution in [2.75, 3.05) is 12.3 Å². The van der Waals surface area contributed by atoms with Gasteiger partial charge in [-0.05, 0) is 23.8 Å². The van der Waals surface area contributed by atoms with Crippen LogP contribution in [0.15, 0.2) is 49.1 Å². The van der Waals surface area contributed by atoms with Gasteiger partial charge in [-0.25, -0.2) is 15.0 Å². The lowest BCUT2D eigenvalue weighted by molar-refractivity contribution is -0.138. The number of aromatic nitrogens is 5. The van der Waals surface area contributed by atoms with Crippen LogP contribution in [0.5, 0.6) is 0 Å². The Balaban J connectivity index is 1.53. The van der Waals surface area contributed by atoms with E-state index in [-0.39, 0.29) is 34.4 Å². The number of pyridine rings is 1. The van der Waals surface area contributed by atoms with Gasteiger partial charge in [-0.3, -0.25) is 14.3 Å². The van der Waals surface area contributed by atoms with Crippen molar-refractivity contribution in [3.05, 3.63) is 65.2 Å². The number of carbonyl (C=O) groups is 1. The monoisotopic (exact) mass is 566 g/mol. The maximum atomic E-state index is 13.2. The molecule has 4 atom stereocenters. The first-order chi connectivity index (χ1) is 19.7. The Labute approximate surface area is 227 Å². The van der Waals surface area contributed by atoms with E-state index >= 15 is 0 Å². The van der Waals surface area contributed by atoms with E-state index in [1.165, 1.54) is 41.5 Å². The third-order valence-electron chi connectivity index (χ3n) is 5.99. The molecule has 1 aromatic carbocycles. The molecule has 15 heteroatoms. The first kappa shape index (κ1) is 23.1. The van der Waals surface area contributed by atoms with Crippen LogP contribution in [0, 0.1) is 0 Å². The summed E-state index contributed by atoms with van der Waals surface area (Å²) < 4.78 is 68.1. The van der Waals surface area contributed by atoms with E-state index in [1.54, 1.807) is 5.32 Å². The van der Waals surface area contributed by atoms with E-state index in [0.29, 0.717) is 11.1 Å². The Kier molecular flexibility index (Phi) is 6.14. The third kappa shape index (κ3) is 5.23. The van der Waals surface area contributed by atoms with Crippen LogP contribution >= 0.6 is 11.6 Å². The Bertz CT molecular complexity index is 1640. The lowest BCUT2D eigenvalue weighted by Gasteiger charge is -2.17. The Morgan fingerprint density at radius 2 is 2.05 bits per heavy atom. The maximum absolute atomic E-state index is 13.2. The lowest BCUT2D eigenvalue weighted by atomic mass is 10.1. The van der Waals surface area contributed by atoms with Gasteiger partial charge < -0.3 is 25.6 Å². The number of likely N-dealkylation sites (N-methyl/N-ethyl adjacent to an activating group) is 1. The highest BCUT2D eigenvalue weighted by molar-refractivity contribution is 6.30. The Morgan fingerprint density at radius 3 is 2.79 bits per heavy atom. The Hall–Kier alpha value is -3.85. The van der Waals surface area contributed by atoms with Gasteiger partial charge in [-0.2, -0.15) is 13.2 Å². The van der Waals surface area contributed by atoms with Gasteiger partial charge in [0.25, 0.3) is 5.91 Å². The van der Waals surface area contributed by atoms with Gasteiger partial charge >= 0.3 is 6.18 Å². The normalized spacial score (nSPS) is 22.8. The lowest BCUT2D eigenvalue weighted by Crippen LogP contribution is -2.41. The zero-order valence-corrected chi connectivity index (χ0v) is 20.4. The highest BCUT2D eigenvalue weighted by atomic mass is 35.5. The highest BCUT2D eigenvalue weighted by Gasteiger charge is 2.47. The predicted octanol–water partition coefficient (Wildman–Crippen LogP) is 2.54. The van der Waals surface area contributed by atoms with Crippen molar-refractivity contribution < 1.29 is 37.0 Å². The summed E-state index contributed by atoms with van der Waals surface area (Å²) in [5.74, 6) is -1.01. The molecule has 0 saturated carbocycles. The van der Waals surface area contributed by atoms with E-state index in [9.17, 15) is 28.2 Å². The van der Waals surface area contributed by atoms with Crippen molar-refractivity contribution in [3.63, 3.8) is 0 Å². The number of aliphatic hydroxyl groups is 2. The maximum Gasteiger partial charge on any atom is 0.416 e. The van der Waals surface area contributed by atoms with Gasteiger partial charge in [0.05, 0.1) is 16.9 Å². The fourth-order valence-electron chi connectivity index (χ4n) is 4.11. The number of halogens is 4. The van der Waals surface area contributed by atoms with E-state index in [4.69, 9.17) is 20.5 Å². The second-order valence-corrected chi connectivity index (χ2v) is 9.02. The van der Waals surface area contributed by atoms with Crippen LogP contribution < -0.4 is 10.6 Å². The van der Waals surface area contributed by atoms with Crippen molar-refractivity contribution in [2.24, 2.45) is 0 Å². The molecular formula is C24H21ClF3N7O4. The molecule has 1 fully saturated rings. The number of amides is 1. The first-order valence-corrected chi connectivity index (χ1v) is 11.7. The average Bonchev–Trinajstić information content (AvgIpc) is 3.46. The van der Waals surface area contributed by atoms with Crippen LogP contribution in [0.3, 0.4) is 0 Å². The number of fused-ring (bicyclic) bond motifs is 1. The minimum atomic E-state index is -4.53. The van der Waals surface area contributed by atoms with Gasteiger partial charge in [0.1, 0.15) is 12.2 Å². The van der Waals surface area contributed by atoms with Crippen LogP contribution in [-0.2, 0) is 22.3 Å². The summed E-state index contributed by atoms with van der Waals surface area (Å²) in [5, 5.41) is 26.1. The number of nitrogens with one attached hydrogen (secondary N) is 2. The van der Waals surface area contributed by atoms with Crippen molar-refractivity contribution in [2.45, 2.75) is 37.3 Å². The number of alkyl halides is 3. The smallest absolute Gasteiger partial charge is 0.387 e. The molecule has 204 valence electrons. The van der Waals surface area contributed by atoms with E-state index in [2.05, 4.69) is 25.3 Å². The summed E-state index contributed by atoms with van der Waals surface area (Å²) in [6, 6.07) is 6.23. The van der Waals surface area contributed by atoms with E-state index in [0.717, 1.165) is 12.1 Å². The number of anilines is 1. The number of nitrogens with zero attached hydrogens (tertiary/aromatic N) is 5. The number of carbonyl (C=O) groups excluding carboxylic acids is 1. The number of ether oxygens (including phenoxy) is 1. The average molecular weight is 567 g/mol. The number of aliphatic hydroxyl groups excluding tert-OH is 2. The number of hydrogen-bond acceptors (Lipinski definition) is 9. The van der Waals surface area contributed by atoms with Gasteiger partial charge in [0.15, 0.2) is 35.1 Å². The summed E-state index contributed by atoms with van der Waals surface area (Å²) in [6.45, 7) is -2.95. The van der Waals surface area contributed by atoms with Crippen molar-refractivity contribution >= 4 is 34.5 Å². The molecule has 4 heterocycles. The molecule has 4 aromatic rings. The van der Waals surface area contributed by atoms with Gasteiger partial charge in [0.2, 0.25) is 0 Å².